The van der Waals surface area contributed by atoms with Gasteiger partial charge in [-0.15, -0.1) is 11.6 Å². The van der Waals surface area contributed by atoms with Crippen molar-refractivity contribution < 1.29 is 15.0 Å². The van der Waals surface area contributed by atoms with Gasteiger partial charge < -0.3 is 10.2 Å². The molecule has 4 aliphatic carbocycles. The van der Waals surface area contributed by atoms with Crippen LogP contribution in [0.4, 0.5) is 0 Å². The average molecular weight is 367 g/mol. The molecule has 0 amide bonds. The van der Waals surface area contributed by atoms with Gasteiger partial charge >= 0.3 is 0 Å². The SMILES string of the molecule is CC(=O)[C@@]1(O)[C@@H](Cl)C[C@H]2[C@@H]3CC=C4C[C@@H](O)CC[C@]4(C)[C@H]3CC[C@@]21C. The van der Waals surface area contributed by atoms with Gasteiger partial charge in [0.2, 0.25) is 0 Å². The Bertz CT molecular complexity index is 631. The molecule has 0 radical (unpaired) electrons. The first-order valence-corrected chi connectivity index (χ1v) is 10.3. The van der Waals surface area contributed by atoms with E-state index in [1.54, 1.807) is 0 Å². The lowest BCUT2D eigenvalue weighted by molar-refractivity contribution is -0.158. The minimum atomic E-state index is -1.39. The summed E-state index contributed by atoms with van der Waals surface area (Å²) in [6.07, 6.45) is 8.56. The van der Waals surface area contributed by atoms with Crippen LogP contribution in [0.2, 0.25) is 0 Å². The van der Waals surface area contributed by atoms with E-state index in [-0.39, 0.29) is 17.3 Å². The maximum absolute atomic E-state index is 12.4. The Morgan fingerprint density at radius 1 is 1.24 bits per heavy atom. The second kappa shape index (κ2) is 5.56. The molecular formula is C21H31ClO3. The van der Waals surface area contributed by atoms with Crippen molar-refractivity contribution in [1.82, 2.24) is 0 Å². The number of aliphatic hydroxyl groups excluding tert-OH is 1. The maximum Gasteiger partial charge on any atom is 0.163 e. The molecule has 0 unspecified atom stereocenters. The summed E-state index contributed by atoms with van der Waals surface area (Å²) in [5.74, 6) is 1.19. The topological polar surface area (TPSA) is 57.5 Å². The van der Waals surface area contributed by atoms with E-state index < -0.39 is 16.4 Å². The fourth-order valence-corrected chi connectivity index (χ4v) is 7.84. The van der Waals surface area contributed by atoms with Crippen molar-refractivity contribution in [2.45, 2.75) is 82.8 Å². The minimum absolute atomic E-state index is 0.169. The van der Waals surface area contributed by atoms with Gasteiger partial charge in [-0.1, -0.05) is 25.5 Å². The lowest BCUT2D eigenvalue weighted by atomic mass is 9.47. The van der Waals surface area contributed by atoms with Crippen LogP contribution in [0.3, 0.4) is 0 Å². The number of carbonyl (C=O) groups is 1. The number of halogens is 1. The highest BCUT2D eigenvalue weighted by atomic mass is 35.5. The zero-order valence-electron chi connectivity index (χ0n) is 15.6. The number of fused-ring (bicyclic) bond motifs is 5. The summed E-state index contributed by atoms with van der Waals surface area (Å²) < 4.78 is 0. The lowest BCUT2D eigenvalue weighted by Crippen LogP contribution is -2.58. The number of ketones is 1. The van der Waals surface area contributed by atoms with Gasteiger partial charge in [0.05, 0.1) is 11.5 Å². The zero-order valence-corrected chi connectivity index (χ0v) is 16.4. The van der Waals surface area contributed by atoms with Crippen molar-refractivity contribution in [2.24, 2.45) is 28.6 Å². The molecule has 0 spiro atoms. The normalized spacial score (nSPS) is 55.0. The third kappa shape index (κ3) is 2.15. The van der Waals surface area contributed by atoms with E-state index in [1.165, 1.54) is 12.5 Å². The van der Waals surface area contributed by atoms with E-state index in [1.807, 2.05) is 0 Å². The van der Waals surface area contributed by atoms with Crippen molar-refractivity contribution >= 4 is 17.4 Å². The maximum atomic E-state index is 12.4. The lowest BCUT2D eigenvalue weighted by Gasteiger charge is -2.58. The van der Waals surface area contributed by atoms with Gasteiger partial charge in [-0.2, -0.15) is 0 Å². The van der Waals surface area contributed by atoms with Crippen molar-refractivity contribution in [3.63, 3.8) is 0 Å². The molecular weight excluding hydrogens is 336 g/mol. The Hall–Kier alpha value is -0.380. The molecule has 0 bridgehead atoms. The molecule has 0 aromatic rings. The highest BCUT2D eigenvalue weighted by Gasteiger charge is 2.68. The third-order valence-corrected chi connectivity index (χ3v) is 9.28. The molecule has 0 aliphatic heterocycles. The predicted octanol–water partition coefficient (Wildman–Crippen LogP) is 3.85. The average Bonchev–Trinajstić information content (AvgIpc) is 2.77. The first-order valence-electron chi connectivity index (χ1n) is 9.89. The monoisotopic (exact) mass is 366 g/mol. The zero-order chi connectivity index (χ0) is 18.2. The van der Waals surface area contributed by atoms with Crippen LogP contribution in [0, 0.1) is 28.6 Å². The molecule has 25 heavy (non-hydrogen) atoms. The Morgan fingerprint density at radius 3 is 2.64 bits per heavy atom. The van der Waals surface area contributed by atoms with Crippen LogP contribution in [0.25, 0.3) is 0 Å². The van der Waals surface area contributed by atoms with E-state index in [9.17, 15) is 15.0 Å². The van der Waals surface area contributed by atoms with Gasteiger partial charge in [-0.3, -0.25) is 4.79 Å². The number of aliphatic hydroxyl groups is 2. The number of Topliss-reactive ketones (excluding diaryl/α,β-unsaturated/α-hetero) is 1. The molecule has 0 saturated heterocycles. The van der Waals surface area contributed by atoms with Gasteiger partial charge in [0, 0.05) is 5.41 Å². The van der Waals surface area contributed by atoms with Crippen molar-refractivity contribution in [3.8, 4) is 0 Å². The molecule has 4 rings (SSSR count). The van der Waals surface area contributed by atoms with Crippen molar-refractivity contribution in [1.29, 1.82) is 0 Å². The summed E-state index contributed by atoms with van der Waals surface area (Å²) in [6, 6.07) is 0. The number of hydrogen-bond acceptors (Lipinski definition) is 3. The first kappa shape index (κ1) is 18.0. The summed E-state index contributed by atoms with van der Waals surface area (Å²) in [5, 5.41) is 20.9. The number of rotatable bonds is 1. The van der Waals surface area contributed by atoms with Gasteiger partial charge in [0.15, 0.2) is 5.78 Å². The molecule has 3 saturated carbocycles. The minimum Gasteiger partial charge on any atom is -0.393 e. The van der Waals surface area contributed by atoms with E-state index >= 15 is 0 Å². The highest BCUT2D eigenvalue weighted by molar-refractivity contribution is 6.24. The van der Waals surface area contributed by atoms with Gasteiger partial charge in [-0.05, 0) is 75.0 Å². The summed E-state index contributed by atoms with van der Waals surface area (Å²) in [5.41, 5.74) is -0.194. The van der Waals surface area contributed by atoms with Crippen LogP contribution >= 0.6 is 11.6 Å². The fraction of sp³-hybridized carbons (Fsp3) is 0.857. The Kier molecular flexibility index (Phi) is 4.00. The molecule has 3 fully saturated rings. The Morgan fingerprint density at radius 2 is 1.96 bits per heavy atom. The number of allylic oxidation sites excluding steroid dienone is 1. The van der Waals surface area contributed by atoms with Gasteiger partial charge in [-0.25, -0.2) is 0 Å². The van der Waals surface area contributed by atoms with Crippen molar-refractivity contribution in [2.75, 3.05) is 0 Å². The van der Waals surface area contributed by atoms with Gasteiger partial charge in [0.25, 0.3) is 0 Å². The molecule has 4 aliphatic rings. The first-order chi connectivity index (χ1) is 11.6. The number of carbonyl (C=O) groups excluding carboxylic acids is 1. The molecule has 0 aromatic carbocycles. The molecule has 140 valence electrons. The number of alkyl halides is 1. The molecule has 0 aromatic heterocycles. The summed E-state index contributed by atoms with van der Waals surface area (Å²) in [4.78, 5) is 12.4. The quantitative estimate of drug-likeness (QED) is 0.547. The third-order valence-electron chi connectivity index (χ3n) is 8.79. The molecule has 4 heteroatoms. The summed E-state index contributed by atoms with van der Waals surface area (Å²) in [6.45, 7) is 5.98. The Labute approximate surface area is 155 Å². The fourth-order valence-electron chi connectivity index (χ4n) is 7.24. The van der Waals surface area contributed by atoms with E-state index in [0.29, 0.717) is 17.8 Å². The summed E-state index contributed by atoms with van der Waals surface area (Å²) in [7, 11) is 0. The van der Waals surface area contributed by atoms with E-state index in [2.05, 4.69) is 19.9 Å². The van der Waals surface area contributed by atoms with Crippen LogP contribution < -0.4 is 0 Å². The second-order valence-corrected chi connectivity index (χ2v) is 10.2. The molecule has 3 nitrogen and oxygen atoms in total. The second-order valence-electron chi connectivity index (χ2n) is 9.64. The van der Waals surface area contributed by atoms with E-state index in [0.717, 1.165) is 44.9 Å². The van der Waals surface area contributed by atoms with Crippen LogP contribution in [0.1, 0.15) is 65.7 Å². The van der Waals surface area contributed by atoms with Gasteiger partial charge in [0.1, 0.15) is 5.60 Å². The largest absolute Gasteiger partial charge is 0.393 e. The standard InChI is InChI=1S/C21H31ClO3/c1-12(23)21(25)18(22)11-17-15-5-4-13-10-14(24)6-8-19(13,2)16(15)7-9-20(17,21)3/h4,14-18,24-25H,5-11H2,1-3H3/t14-,15+,16-,17-,18-,19-,20-,21+/m0/s1. The summed E-state index contributed by atoms with van der Waals surface area (Å²) >= 11 is 6.58. The van der Waals surface area contributed by atoms with Crippen LogP contribution in [-0.4, -0.2) is 33.1 Å². The molecule has 8 atom stereocenters. The van der Waals surface area contributed by atoms with Crippen LogP contribution in [-0.2, 0) is 4.79 Å². The van der Waals surface area contributed by atoms with Crippen molar-refractivity contribution in [3.05, 3.63) is 11.6 Å². The number of hydrogen-bond donors (Lipinski definition) is 2. The molecule has 2 N–H and O–H groups in total. The van der Waals surface area contributed by atoms with E-state index in [4.69, 9.17) is 11.6 Å². The smallest absolute Gasteiger partial charge is 0.163 e. The van der Waals surface area contributed by atoms with Crippen LogP contribution in [0.15, 0.2) is 11.6 Å². The molecule has 0 heterocycles. The Balaban J connectivity index is 1.72. The predicted molar refractivity (Wildman–Crippen MR) is 98.4 cm³/mol. The van der Waals surface area contributed by atoms with Crippen LogP contribution in [0.5, 0.6) is 0 Å². The highest BCUT2D eigenvalue weighted by Crippen LogP contribution is 2.67.